The highest BCUT2D eigenvalue weighted by Crippen LogP contribution is 2.31. The van der Waals surface area contributed by atoms with E-state index in [1.54, 1.807) is 6.07 Å². The van der Waals surface area contributed by atoms with Crippen molar-refractivity contribution in [3.05, 3.63) is 23.8 Å². The molecule has 0 aromatic heterocycles. The molecule has 1 aromatic carbocycles. The lowest BCUT2D eigenvalue weighted by Gasteiger charge is -2.34. The van der Waals surface area contributed by atoms with Crippen LogP contribution in [-0.4, -0.2) is 32.7 Å². The lowest BCUT2D eigenvalue weighted by Crippen LogP contribution is -2.39. The van der Waals surface area contributed by atoms with Crippen LogP contribution in [0.3, 0.4) is 0 Å². The number of benzene rings is 1. The van der Waals surface area contributed by atoms with Gasteiger partial charge in [0.1, 0.15) is 0 Å². The van der Waals surface area contributed by atoms with Crippen molar-refractivity contribution in [3.63, 3.8) is 0 Å². The molecule has 0 amide bonds. The number of nitrogens with one attached hydrogen (secondary N) is 1. The van der Waals surface area contributed by atoms with E-state index in [2.05, 4.69) is 17.1 Å². The van der Waals surface area contributed by atoms with Gasteiger partial charge in [-0.3, -0.25) is 0 Å². The van der Waals surface area contributed by atoms with Crippen molar-refractivity contribution < 1.29 is 9.53 Å². The Balaban J connectivity index is 2.40. The topological polar surface area (TPSA) is 41.6 Å². The number of fused-ring (bicyclic) bond motifs is 1. The summed E-state index contributed by atoms with van der Waals surface area (Å²) in [6.07, 6.45) is 0. The number of carbonyl (C=O) groups excluding carboxylic acids is 1. The molecule has 2 rings (SSSR count). The van der Waals surface area contributed by atoms with Crippen LogP contribution in [0.4, 0.5) is 11.4 Å². The zero-order valence-corrected chi connectivity index (χ0v) is 9.78. The predicted molar refractivity (Wildman–Crippen MR) is 64.1 cm³/mol. The monoisotopic (exact) mass is 220 g/mol. The van der Waals surface area contributed by atoms with Crippen LogP contribution in [-0.2, 0) is 4.74 Å². The van der Waals surface area contributed by atoms with Crippen molar-refractivity contribution in [2.45, 2.75) is 13.0 Å². The van der Waals surface area contributed by atoms with E-state index in [0.29, 0.717) is 11.6 Å². The summed E-state index contributed by atoms with van der Waals surface area (Å²) in [7, 11) is 3.43. The Morgan fingerprint density at radius 1 is 1.56 bits per heavy atom. The van der Waals surface area contributed by atoms with Gasteiger partial charge in [-0.1, -0.05) is 0 Å². The van der Waals surface area contributed by atoms with Crippen LogP contribution in [0.25, 0.3) is 0 Å². The molecule has 0 bridgehead atoms. The minimum absolute atomic E-state index is 0.297. The zero-order chi connectivity index (χ0) is 11.7. The standard InChI is InChI=1S/C12H16N2O2/c1-8-7-13-10-5-4-9(12(15)16-3)6-11(10)14(8)2/h4-6,8,13H,7H2,1-3H3. The van der Waals surface area contributed by atoms with Crippen molar-refractivity contribution >= 4 is 17.3 Å². The van der Waals surface area contributed by atoms with Crippen LogP contribution in [0.2, 0.25) is 0 Å². The van der Waals surface area contributed by atoms with E-state index in [0.717, 1.165) is 17.9 Å². The van der Waals surface area contributed by atoms with Gasteiger partial charge in [-0.2, -0.15) is 0 Å². The highest BCUT2D eigenvalue weighted by Gasteiger charge is 2.20. The molecule has 4 nitrogen and oxygen atoms in total. The fraction of sp³-hybridized carbons (Fsp3) is 0.417. The fourth-order valence-electron chi connectivity index (χ4n) is 1.85. The molecule has 1 atom stereocenters. The first kappa shape index (κ1) is 10.8. The molecule has 1 unspecified atom stereocenters. The Morgan fingerprint density at radius 3 is 3.00 bits per heavy atom. The highest BCUT2D eigenvalue weighted by molar-refractivity contribution is 5.92. The summed E-state index contributed by atoms with van der Waals surface area (Å²) >= 11 is 0. The van der Waals surface area contributed by atoms with Gasteiger partial charge in [0.15, 0.2) is 0 Å². The molecule has 0 saturated heterocycles. The molecule has 0 radical (unpaired) electrons. The Morgan fingerprint density at radius 2 is 2.31 bits per heavy atom. The van der Waals surface area contributed by atoms with Gasteiger partial charge in [0.25, 0.3) is 0 Å². The van der Waals surface area contributed by atoms with Gasteiger partial charge in [-0.25, -0.2) is 4.79 Å². The van der Waals surface area contributed by atoms with E-state index < -0.39 is 0 Å². The number of nitrogens with zero attached hydrogens (tertiary/aromatic N) is 1. The molecule has 0 aliphatic carbocycles. The maximum absolute atomic E-state index is 11.4. The Bertz CT molecular complexity index is 417. The molecule has 0 spiro atoms. The average molecular weight is 220 g/mol. The number of esters is 1. The largest absolute Gasteiger partial charge is 0.465 e. The molecule has 1 heterocycles. The van der Waals surface area contributed by atoms with Crippen molar-refractivity contribution in [2.75, 3.05) is 30.9 Å². The van der Waals surface area contributed by atoms with Crippen molar-refractivity contribution in [2.24, 2.45) is 0 Å². The second kappa shape index (κ2) is 4.04. The average Bonchev–Trinajstić information content (AvgIpc) is 2.32. The first-order chi connectivity index (χ1) is 7.63. The van der Waals surface area contributed by atoms with E-state index >= 15 is 0 Å². The number of carbonyl (C=O) groups is 1. The third-order valence-corrected chi connectivity index (χ3v) is 3.05. The smallest absolute Gasteiger partial charge is 0.337 e. The lowest BCUT2D eigenvalue weighted by molar-refractivity contribution is 0.0601. The molecule has 0 saturated carbocycles. The summed E-state index contributed by atoms with van der Waals surface area (Å²) in [6, 6.07) is 5.98. The van der Waals surface area contributed by atoms with E-state index in [-0.39, 0.29) is 5.97 Å². The Labute approximate surface area is 95.2 Å². The van der Waals surface area contributed by atoms with Gasteiger partial charge in [-0.05, 0) is 25.1 Å². The number of hydrogen-bond donors (Lipinski definition) is 1. The van der Waals surface area contributed by atoms with Crippen LogP contribution in [0, 0.1) is 0 Å². The van der Waals surface area contributed by atoms with Gasteiger partial charge in [0.2, 0.25) is 0 Å². The molecule has 4 heteroatoms. The summed E-state index contributed by atoms with van der Waals surface area (Å²) < 4.78 is 4.71. The van der Waals surface area contributed by atoms with Gasteiger partial charge < -0.3 is 15.0 Å². The zero-order valence-electron chi connectivity index (χ0n) is 9.78. The second-order valence-corrected chi connectivity index (χ2v) is 4.06. The Hall–Kier alpha value is -1.71. The number of likely N-dealkylation sites (N-methyl/N-ethyl adjacent to an activating group) is 1. The minimum atomic E-state index is -0.297. The fourth-order valence-corrected chi connectivity index (χ4v) is 1.85. The third-order valence-electron chi connectivity index (χ3n) is 3.05. The summed E-state index contributed by atoms with van der Waals surface area (Å²) in [5, 5.41) is 3.33. The summed E-state index contributed by atoms with van der Waals surface area (Å²) in [5.74, 6) is -0.297. The normalized spacial score (nSPS) is 18.7. The predicted octanol–water partition coefficient (Wildman–Crippen LogP) is 1.72. The quantitative estimate of drug-likeness (QED) is 0.732. The van der Waals surface area contributed by atoms with Crippen LogP contribution in [0.15, 0.2) is 18.2 Å². The maximum Gasteiger partial charge on any atom is 0.337 e. The number of hydrogen-bond acceptors (Lipinski definition) is 4. The van der Waals surface area contributed by atoms with Crippen molar-refractivity contribution in [1.29, 1.82) is 0 Å². The van der Waals surface area contributed by atoms with Crippen LogP contribution in [0.5, 0.6) is 0 Å². The summed E-state index contributed by atoms with van der Waals surface area (Å²) in [4.78, 5) is 13.6. The minimum Gasteiger partial charge on any atom is -0.465 e. The first-order valence-electron chi connectivity index (χ1n) is 5.32. The van der Waals surface area contributed by atoms with E-state index in [1.807, 2.05) is 19.2 Å². The molecule has 1 aliphatic heterocycles. The van der Waals surface area contributed by atoms with E-state index in [9.17, 15) is 4.79 Å². The molecule has 0 fully saturated rings. The summed E-state index contributed by atoms with van der Waals surface area (Å²) in [5.41, 5.74) is 2.69. The SMILES string of the molecule is COC(=O)c1ccc2c(c1)N(C)C(C)CN2. The van der Waals surface area contributed by atoms with Gasteiger partial charge in [-0.15, -0.1) is 0 Å². The van der Waals surface area contributed by atoms with Crippen LogP contribution in [0.1, 0.15) is 17.3 Å². The molecule has 1 aliphatic rings. The third kappa shape index (κ3) is 1.71. The van der Waals surface area contributed by atoms with Crippen LogP contribution >= 0.6 is 0 Å². The first-order valence-corrected chi connectivity index (χ1v) is 5.32. The molecule has 1 N–H and O–H groups in total. The van der Waals surface area contributed by atoms with E-state index in [4.69, 9.17) is 4.74 Å². The number of ether oxygens (including phenoxy) is 1. The molecular weight excluding hydrogens is 204 g/mol. The van der Waals surface area contributed by atoms with Gasteiger partial charge >= 0.3 is 5.97 Å². The second-order valence-electron chi connectivity index (χ2n) is 4.06. The maximum atomic E-state index is 11.4. The van der Waals surface area contributed by atoms with Crippen molar-refractivity contribution in [3.8, 4) is 0 Å². The summed E-state index contributed by atoms with van der Waals surface area (Å²) in [6.45, 7) is 3.06. The van der Waals surface area contributed by atoms with Gasteiger partial charge in [0, 0.05) is 19.6 Å². The Kier molecular flexibility index (Phi) is 2.73. The lowest BCUT2D eigenvalue weighted by atomic mass is 10.1. The number of rotatable bonds is 1. The van der Waals surface area contributed by atoms with Gasteiger partial charge in [0.05, 0.1) is 24.0 Å². The highest BCUT2D eigenvalue weighted by atomic mass is 16.5. The molecule has 1 aromatic rings. The molecular formula is C12H16N2O2. The van der Waals surface area contributed by atoms with Crippen molar-refractivity contribution in [1.82, 2.24) is 0 Å². The van der Waals surface area contributed by atoms with Crippen LogP contribution < -0.4 is 10.2 Å². The number of anilines is 2. The molecule has 16 heavy (non-hydrogen) atoms. The van der Waals surface area contributed by atoms with E-state index in [1.165, 1.54) is 7.11 Å². The number of methoxy groups -OCH3 is 1. The molecule has 86 valence electrons.